The highest BCUT2D eigenvalue weighted by Gasteiger charge is 2.11. The van der Waals surface area contributed by atoms with Crippen LogP contribution in [0, 0.1) is 0 Å². The number of rotatable bonds is 7. The van der Waals surface area contributed by atoms with E-state index in [0.717, 1.165) is 16.6 Å². The lowest BCUT2D eigenvalue weighted by atomic mass is 10.3. The molecule has 2 aromatic heterocycles. The molecule has 4 nitrogen and oxygen atoms in total. The molecule has 3 rings (SSSR count). The molecule has 6 heteroatoms. The number of nitrogens with one attached hydrogen (secondary N) is 1. The van der Waals surface area contributed by atoms with Crippen molar-refractivity contribution in [1.82, 2.24) is 5.32 Å². The van der Waals surface area contributed by atoms with Gasteiger partial charge in [0.1, 0.15) is 18.1 Å². The van der Waals surface area contributed by atoms with Gasteiger partial charge < -0.3 is 14.5 Å². The summed E-state index contributed by atoms with van der Waals surface area (Å²) in [6.45, 7) is 0.864. The van der Waals surface area contributed by atoms with Crippen molar-refractivity contribution in [2.45, 2.75) is 13.0 Å². The Kier molecular flexibility index (Phi) is 5.72. The van der Waals surface area contributed by atoms with Crippen molar-refractivity contribution in [3.8, 4) is 5.75 Å². The number of ether oxygens (including phenoxy) is 1. The maximum Gasteiger partial charge on any atom is 0.287 e. The summed E-state index contributed by atoms with van der Waals surface area (Å²) in [5, 5.41) is 4.89. The van der Waals surface area contributed by atoms with Gasteiger partial charge in [0, 0.05) is 15.9 Å². The molecule has 0 fully saturated rings. The molecule has 1 aromatic carbocycles. The van der Waals surface area contributed by atoms with Gasteiger partial charge in [0.05, 0.1) is 0 Å². The SMILES string of the molecule is O=C(NCCc1cccs1)c1ccc(COc2cccc(Br)c2)o1. The van der Waals surface area contributed by atoms with Crippen LogP contribution in [0.25, 0.3) is 0 Å². The van der Waals surface area contributed by atoms with Crippen LogP contribution in [-0.2, 0) is 13.0 Å². The highest BCUT2D eigenvalue weighted by Crippen LogP contribution is 2.19. The van der Waals surface area contributed by atoms with Crippen LogP contribution >= 0.6 is 27.3 Å². The second kappa shape index (κ2) is 8.17. The van der Waals surface area contributed by atoms with Gasteiger partial charge in [-0.1, -0.05) is 28.1 Å². The standard InChI is InChI=1S/C18H16BrNO3S/c19-13-3-1-4-14(11-13)22-12-15-6-7-17(23-15)18(21)20-9-8-16-5-2-10-24-16/h1-7,10-11H,8-9,12H2,(H,20,21). The third kappa shape index (κ3) is 4.72. The fourth-order valence-electron chi connectivity index (χ4n) is 2.13. The van der Waals surface area contributed by atoms with Crippen molar-refractivity contribution in [2.75, 3.05) is 6.54 Å². The molecule has 0 radical (unpaired) electrons. The lowest BCUT2D eigenvalue weighted by Gasteiger charge is -2.04. The Morgan fingerprint density at radius 2 is 2.12 bits per heavy atom. The molecule has 0 saturated heterocycles. The molecule has 0 aliphatic carbocycles. The minimum Gasteiger partial charge on any atom is -0.486 e. The predicted octanol–water partition coefficient (Wildman–Crippen LogP) is 4.66. The molecule has 0 atom stereocenters. The zero-order valence-corrected chi connectivity index (χ0v) is 15.2. The first-order valence-corrected chi connectivity index (χ1v) is 9.15. The number of halogens is 1. The molecule has 0 aliphatic heterocycles. The van der Waals surface area contributed by atoms with Gasteiger partial charge in [-0.3, -0.25) is 4.79 Å². The summed E-state index contributed by atoms with van der Waals surface area (Å²) in [4.78, 5) is 13.3. The van der Waals surface area contributed by atoms with Gasteiger partial charge >= 0.3 is 0 Å². The predicted molar refractivity (Wildman–Crippen MR) is 97.5 cm³/mol. The van der Waals surface area contributed by atoms with E-state index in [9.17, 15) is 4.79 Å². The second-order valence-electron chi connectivity index (χ2n) is 5.10. The minimum absolute atomic E-state index is 0.208. The molecule has 0 aliphatic rings. The summed E-state index contributed by atoms with van der Waals surface area (Å²) in [6, 6.07) is 15.1. The average Bonchev–Trinajstić information content (AvgIpc) is 3.25. The monoisotopic (exact) mass is 405 g/mol. The van der Waals surface area contributed by atoms with E-state index in [1.54, 1.807) is 23.5 Å². The Labute approximate surface area is 152 Å². The van der Waals surface area contributed by atoms with Crippen LogP contribution in [0.3, 0.4) is 0 Å². The van der Waals surface area contributed by atoms with Crippen molar-refractivity contribution in [3.63, 3.8) is 0 Å². The van der Waals surface area contributed by atoms with E-state index in [1.807, 2.05) is 35.7 Å². The smallest absolute Gasteiger partial charge is 0.287 e. The number of benzene rings is 1. The summed E-state index contributed by atoms with van der Waals surface area (Å²) in [5.41, 5.74) is 0. The van der Waals surface area contributed by atoms with Crippen LogP contribution in [-0.4, -0.2) is 12.5 Å². The van der Waals surface area contributed by atoms with Crippen LogP contribution < -0.4 is 10.1 Å². The first-order valence-electron chi connectivity index (χ1n) is 7.48. The first-order chi connectivity index (χ1) is 11.7. The summed E-state index contributed by atoms with van der Waals surface area (Å²) < 4.78 is 12.1. The van der Waals surface area contributed by atoms with Gasteiger partial charge in [-0.05, 0) is 48.2 Å². The van der Waals surface area contributed by atoms with Crippen molar-refractivity contribution in [1.29, 1.82) is 0 Å². The van der Waals surface area contributed by atoms with Crippen LogP contribution in [0.2, 0.25) is 0 Å². The summed E-state index contributed by atoms with van der Waals surface area (Å²) in [6.07, 6.45) is 0.822. The Balaban J connectivity index is 1.48. The topological polar surface area (TPSA) is 51.5 Å². The van der Waals surface area contributed by atoms with E-state index in [-0.39, 0.29) is 12.5 Å². The molecule has 1 N–H and O–H groups in total. The molecular formula is C18H16BrNO3S. The molecule has 1 amide bonds. The highest BCUT2D eigenvalue weighted by atomic mass is 79.9. The summed E-state index contributed by atoms with van der Waals surface area (Å²) in [5.74, 6) is 1.44. The maximum atomic E-state index is 12.1. The molecule has 2 heterocycles. The molecule has 24 heavy (non-hydrogen) atoms. The third-order valence-corrected chi connectivity index (χ3v) is 4.73. The molecular weight excluding hydrogens is 390 g/mol. The fraction of sp³-hybridized carbons (Fsp3) is 0.167. The van der Waals surface area contributed by atoms with E-state index in [1.165, 1.54) is 4.88 Å². The maximum absolute atomic E-state index is 12.1. The van der Waals surface area contributed by atoms with Gasteiger partial charge in [-0.2, -0.15) is 0 Å². The van der Waals surface area contributed by atoms with Crippen LogP contribution in [0.1, 0.15) is 21.2 Å². The second-order valence-corrected chi connectivity index (χ2v) is 7.05. The van der Waals surface area contributed by atoms with Gasteiger partial charge in [0.2, 0.25) is 0 Å². The van der Waals surface area contributed by atoms with Crippen LogP contribution in [0.15, 0.2) is 62.8 Å². The van der Waals surface area contributed by atoms with E-state index in [4.69, 9.17) is 9.15 Å². The van der Waals surface area contributed by atoms with Gasteiger partial charge in [0.15, 0.2) is 5.76 Å². The average molecular weight is 406 g/mol. The van der Waals surface area contributed by atoms with Gasteiger partial charge in [-0.15, -0.1) is 11.3 Å². The lowest BCUT2D eigenvalue weighted by Crippen LogP contribution is -2.25. The zero-order chi connectivity index (χ0) is 16.8. The van der Waals surface area contributed by atoms with Crippen molar-refractivity contribution in [3.05, 3.63) is 74.8 Å². The number of thiophene rings is 1. The van der Waals surface area contributed by atoms with E-state index in [0.29, 0.717) is 18.1 Å². The highest BCUT2D eigenvalue weighted by molar-refractivity contribution is 9.10. The molecule has 0 bridgehead atoms. The molecule has 0 spiro atoms. The number of hydrogen-bond donors (Lipinski definition) is 1. The molecule has 0 saturated carbocycles. The number of carbonyl (C=O) groups excluding carboxylic acids is 1. The van der Waals surface area contributed by atoms with Gasteiger partial charge in [-0.25, -0.2) is 0 Å². The number of furan rings is 1. The lowest BCUT2D eigenvalue weighted by molar-refractivity contribution is 0.0922. The number of hydrogen-bond acceptors (Lipinski definition) is 4. The quantitative estimate of drug-likeness (QED) is 0.621. The van der Waals surface area contributed by atoms with E-state index in [2.05, 4.69) is 27.3 Å². The van der Waals surface area contributed by atoms with E-state index < -0.39 is 0 Å². The summed E-state index contributed by atoms with van der Waals surface area (Å²) >= 11 is 5.08. The minimum atomic E-state index is -0.208. The molecule has 3 aromatic rings. The van der Waals surface area contributed by atoms with Gasteiger partial charge in [0.25, 0.3) is 5.91 Å². The van der Waals surface area contributed by atoms with Crippen LogP contribution in [0.4, 0.5) is 0 Å². The van der Waals surface area contributed by atoms with E-state index >= 15 is 0 Å². The molecule has 124 valence electrons. The Morgan fingerprint density at radius 1 is 1.21 bits per heavy atom. The summed E-state index contributed by atoms with van der Waals surface area (Å²) in [7, 11) is 0. The zero-order valence-electron chi connectivity index (χ0n) is 12.8. The Morgan fingerprint density at radius 3 is 2.92 bits per heavy atom. The Bertz CT molecular complexity index is 798. The van der Waals surface area contributed by atoms with Crippen LogP contribution in [0.5, 0.6) is 5.75 Å². The fourth-order valence-corrected chi connectivity index (χ4v) is 3.22. The molecule has 0 unspecified atom stereocenters. The third-order valence-electron chi connectivity index (χ3n) is 3.30. The first kappa shape index (κ1) is 16.8. The van der Waals surface area contributed by atoms with Crippen molar-refractivity contribution < 1.29 is 13.9 Å². The van der Waals surface area contributed by atoms with Crippen molar-refractivity contribution >= 4 is 33.2 Å². The normalized spacial score (nSPS) is 10.5. The Hall–Kier alpha value is -2.05. The number of amides is 1. The number of carbonyl (C=O) groups is 1. The largest absolute Gasteiger partial charge is 0.486 e. The van der Waals surface area contributed by atoms with Crippen molar-refractivity contribution in [2.24, 2.45) is 0 Å².